The normalized spacial score (nSPS) is 25.9. The minimum Gasteiger partial charge on any atom is -0.336 e. The SMILES string of the molecule is CN(CC(=O)Nc1ccccc1)C(=O)C1C[C@H]2CCC[C@@H](C1)C2=O. The van der Waals surface area contributed by atoms with Crippen molar-refractivity contribution in [2.24, 2.45) is 17.8 Å². The molecule has 2 aliphatic carbocycles. The van der Waals surface area contributed by atoms with Crippen LogP contribution >= 0.6 is 0 Å². The number of hydrogen-bond donors (Lipinski definition) is 1. The standard InChI is InChI=1S/C19H24N2O3/c1-21(12-17(22)20-16-8-3-2-4-9-16)19(24)15-10-13-6-5-7-14(11-15)18(13)23/h2-4,8-9,13-15H,5-7,10-12H2,1H3,(H,20,22)/t13-,14+,15?. The third-order valence-corrected chi connectivity index (χ3v) is 5.21. The molecule has 1 N–H and O–H groups in total. The van der Waals surface area contributed by atoms with Gasteiger partial charge in [-0.2, -0.15) is 0 Å². The number of rotatable bonds is 4. The van der Waals surface area contributed by atoms with Crippen molar-refractivity contribution in [2.75, 3.05) is 18.9 Å². The van der Waals surface area contributed by atoms with Gasteiger partial charge in [-0.05, 0) is 37.8 Å². The summed E-state index contributed by atoms with van der Waals surface area (Å²) < 4.78 is 0. The number of ketones is 1. The van der Waals surface area contributed by atoms with Crippen molar-refractivity contribution >= 4 is 23.3 Å². The van der Waals surface area contributed by atoms with Crippen LogP contribution in [0, 0.1) is 17.8 Å². The van der Waals surface area contributed by atoms with E-state index in [2.05, 4.69) is 5.32 Å². The highest BCUT2D eigenvalue weighted by atomic mass is 16.2. The first-order valence-electron chi connectivity index (χ1n) is 8.68. The second kappa shape index (κ2) is 7.16. The summed E-state index contributed by atoms with van der Waals surface area (Å²) in [6.07, 6.45) is 4.23. The summed E-state index contributed by atoms with van der Waals surface area (Å²) in [5, 5.41) is 2.79. The molecule has 2 fully saturated rings. The van der Waals surface area contributed by atoms with Crippen molar-refractivity contribution < 1.29 is 14.4 Å². The van der Waals surface area contributed by atoms with E-state index in [-0.39, 0.29) is 36.1 Å². The fourth-order valence-corrected chi connectivity index (χ4v) is 4.01. The van der Waals surface area contributed by atoms with Gasteiger partial charge in [-0.1, -0.05) is 24.6 Å². The molecular weight excluding hydrogens is 304 g/mol. The molecule has 1 unspecified atom stereocenters. The number of fused-ring (bicyclic) bond motifs is 2. The molecule has 1 aromatic rings. The lowest BCUT2D eigenvalue weighted by molar-refractivity contribution is -0.143. The Labute approximate surface area is 142 Å². The van der Waals surface area contributed by atoms with Crippen LogP contribution < -0.4 is 5.32 Å². The topological polar surface area (TPSA) is 66.5 Å². The molecular formula is C19H24N2O3. The maximum atomic E-state index is 12.7. The molecule has 3 rings (SSSR count). The molecule has 5 nitrogen and oxygen atoms in total. The third kappa shape index (κ3) is 3.66. The van der Waals surface area contributed by atoms with Gasteiger partial charge < -0.3 is 10.2 Å². The molecule has 5 heteroatoms. The van der Waals surface area contributed by atoms with Gasteiger partial charge in [0.2, 0.25) is 11.8 Å². The van der Waals surface area contributed by atoms with Gasteiger partial charge in [-0.15, -0.1) is 0 Å². The summed E-state index contributed by atoms with van der Waals surface area (Å²) in [4.78, 5) is 38.4. The van der Waals surface area contributed by atoms with E-state index >= 15 is 0 Å². The largest absolute Gasteiger partial charge is 0.336 e. The maximum absolute atomic E-state index is 12.7. The van der Waals surface area contributed by atoms with Crippen LogP contribution in [-0.4, -0.2) is 36.1 Å². The Balaban J connectivity index is 1.55. The molecule has 0 heterocycles. The molecule has 2 saturated carbocycles. The summed E-state index contributed by atoms with van der Waals surface area (Å²) in [5.41, 5.74) is 0.723. The van der Waals surface area contributed by atoms with Crippen molar-refractivity contribution in [2.45, 2.75) is 32.1 Å². The van der Waals surface area contributed by atoms with Crippen LogP contribution in [0.3, 0.4) is 0 Å². The molecule has 0 saturated heterocycles. The number of carbonyl (C=O) groups excluding carboxylic acids is 3. The average molecular weight is 328 g/mol. The van der Waals surface area contributed by atoms with Gasteiger partial charge in [0.05, 0.1) is 6.54 Å². The van der Waals surface area contributed by atoms with Crippen LogP contribution in [0.1, 0.15) is 32.1 Å². The number of Topliss-reactive ketones (excluding diaryl/α,β-unsaturated/α-hetero) is 1. The summed E-state index contributed by atoms with van der Waals surface area (Å²) in [7, 11) is 1.67. The Bertz CT molecular complexity index is 613. The zero-order valence-electron chi connectivity index (χ0n) is 14.0. The fourth-order valence-electron chi connectivity index (χ4n) is 4.01. The third-order valence-electron chi connectivity index (χ3n) is 5.21. The van der Waals surface area contributed by atoms with Crippen molar-refractivity contribution in [3.05, 3.63) is 30.3 Å². The summed E-state index contributed by atoms with van der Waals surface area (Å²) in [6.45, 7) is 0.0352. The lowest BCUT2D eigenvalue weighted by atomic mass is 9.67. The van der Waals surface area contributed by atoms with Crippen LogP contribution in [0.25, 0.3) is 0 Å². The molecule has 0 aliphatic heterocycles. The quantitative estimate of drug-likeness (QED) is 0.923. The number of amides is 2. The van der Waals surface area contributed by atoms with E-state index in [1.165, 1.54) is 4.90 Å². The predicted octanol–water partition coefficient (Wildman–Crippen LogP) is 2.48. The van der Waals surface area contributed by atoms with Gasteiger partial charge >= 0.3 is 0 Å². The lowest BCUT2D eigenvalue weighted by Gasteiger charge is -2.38. The van der Waals surface area contributed by atoms with Gasteiger partial charge in [0.15, 0.2) is 0 Å². The minimum absolute atomic E-state index is 0.0115. The number of carbonyl (C=O) groups is 3. The lowest BCUT2D eigenvalue weighted by Crippen LogP contribution is -2.44. The zero-order chi connectivity index (χ0) is 17.1. The summed E-state index contributed by atoms with van der Waals surface area (Å²) in [5.74, 6) is 0.130. The van der Waals surface area contributed by atoms with E-state index in [9.17, 15) is 14.4 Å². The van der Waals surface area contributed by atoms with E-state index in [0.29, 0.717) is 18.6 Å². The van der Waals surface area contributed by atoms with Crippen molar-refractivity contribution in [3.8, 4) is 0 Å². The Hall–Kier alpha value is -2.17. The van der Waals surface area contributed by atoms with E-state index in [0.717, 1.165) is 24.9 Å². The summed E-state index contributed by atoms with van der Waals surface area (Å²) >= 11 is 0. The second-order valence-electron chi connectivity index (χ2n) is 7.00. The highest BCUT2D eigenvalue weighted by Gasteiger charge is 2.41. The molecule has 2 amide bonds. The van der Waals surface area contributed by atoms with E-state index < -0.39 is 0 Å². The molecule has 0 radical (unpaired) electrons. The van der Waals surface area contributed by atoms with Gasteiger partial charge in [0.1, 0.15) is 5.78 Å². The first-order chi connectivity index (χ1) is 11.5. The molecule has 24 heavy (non-hydrogen) atoms. The molecule has 128 valence electrons. The average Bonchev–Trinajstić information content (AvgIpc) is 2.54. The monoisotopic (exact) mass is 328 g/mol. The Morgan fingerprint density at radius 2 is 1.75 bits per heavy atom. The predicted molar refractivity (Wildman–Crippen MR) is 91.3 cm³/mol. The Morgan fingerprint density at radius 3 is 2.38 bits per heavy atom. The van der Waals surface area contributed by atoms with E-state index in [1.54, 1.807) is 7.05 Å². The van der Waals surface area contributed by atoms with Gasteiger partial charge in [0, 0.05) is 30.5 Å². The molecule has 1 aromatic carbocycles. The number of benzene rings is 1. The molecule has 0 aromatic heterocycles. The number of anilines is 1. The number of nitrogens with one attached hydrogen (secondary N) is 1. The van der Waals surface area contributed by atoms with Gasteiger partial charge in [-0.3, -0.25) is 14.4 Å². The Morgan fingerprint density at radius 1 is 1.12 bits per heavy atom. The molecule has 0 spiro atoms. The van der Waals surface area contributed by atoms with Crippen molar-refractivity contribution in [1.29, 1.82) is 0 Å². The van der Waals surface area contributed by atoms with E-state index in [1.807, 2.05) is 30.3 Å². The highest BCUT2D eigenvalue weighted by molar-refractivity contribution is 5.95. The van der Waals surface area contributed by atoms with Crippen LogP contribution in [0.2, 0.25) is 0 Å². The van der Waals surface area contributed by atoms with Crippen LogP contribution in [-0.2, 0) is 14.4 Å². The van der Waals surface area contributed by atoms with Crippen LogP contribution in [0.5, 0.6) is 0 Å². The van der Waals surface area contributed by atoms with Gasteiger partial charge in [-0.25, -0.2) is 0 Å². The van der Waals surface area contributed by atoms with E-state index in [4.69, 9.17) is 0 Å². The zero-order valence-corrected chi connectivity index (χ0v) is 14.0. The smallest absolute Gasteiger partial charge is 0.243 e. The maximum Gasteiger partial charge on any atom is 0.243 e. The Kier molecular flexibility index (Phi) is 4.97. The number of nitrogens with zero attached hydrogens (tertiary/aromatic N) is 1. The molecule has 2 aliphatic rings. The van der Waals surface area contributed by atoms with Crippen LogP contribution in [0.4, 0.5) is 5.69 Å². The molecule has 2 bridgehead atoms. The number of hydrogen-bond acceptors (Lipinski definition) is 3. The first kappa shape index (κ1) is 16.7. The number of likely N-dealkylation sites (N-methyl/N-ethyl adjacent to an activating group) is 1. The first-order valence-corrected chi connectivity index (χ1v) is 8.68. The van der Waals surface area contributed by atoms with Crippen molar-refractivity contribution in [1.82, 2.24) is 4.90 Å². The summed E-state index contributed by atoms with van der Waals surface area (Å²) in [6, 6.07) is 9.21. The van der Waals surface area contributed by atoms with Crippen molar-refractivity contribution in [3.63, 3.8) is 0 Å². The molecule has 3 atom stereocenters. The second-order valence-corrected chi connectivity index (χ2v) is 7.00. The minimum atomic E-state index is -0.205. The van der Waals surface area contributed by atoms with Gasteiger partial charge in [0.25, 0.3) is 0 Å². The fraction of sp³-hybridized carbons (Fsp3) is 0.526. The highest BCUT2D eigenvalue weighted by Crippen LogP contribution is 2.40. The van der Waals surface area contributed by atoms with Crippen LogP contribution in [0.15, 0.2) is 30.3 Å². The number of para-hydroxylation sites is 1.